The normalized spacial score (nSPS) is 28.7. The largest absolute Gasteiger partial charge is 0.370 e. The predicted molar refractivity (Wildman–Crippen MR) is 23.8 cm³/mol. The van der Waals surface area contributed by atoms with E-state index in [1.54, 1.807) is 0 Å². The molecule has 3 nitrogen and oxygen atoms in total. The molecule has 1 aliphatic rings. The van der Waals surface area contributed by atoms with E-state index >= 15 is 0 Å². The fourth-order valence-electron chi connectivity index (χ4n) is 0.459. The van der Waals surface area contributed by atoms with E-state index in [1.165, 1.54) is 7.11 Å². The van der Waals surface area contributed by atoms with Crippen LogP contribution in [0.3, 0.4) is 0 Å². The molecule has 1 atom stereocenters. The number of carbonyl (C=O) groups excluding carboxylic acids is 1. The summed E-state index contributed by atoms with van der Waals surface area (Å²) in [6.07, 6.45) is -0.167. The summed E-state index contributed by atoms with van der Waals surface area (Å²) >= 11 is 0. The Hall–Kier alpha value is -0.570. The lowest BCUT2D eigenvalue weighted by molar-refractivity contribution is -0.139. The van der Waals surface area contributed by atoms with Gasteiger partial charge in [-0.1, -0.05) is 0 Å². The van der Waals surface area contributed by atoms with Crippen LogP contribution in [0.1, 0.15) is 0 Å². The standard InChI is InChI=1S/C4H7NO2/c1-7-3-2-5-4(3)6/h3H,2H2,1H3,(H,5,6). The first-order valence-corrected chi connectivity index (χ1v) is 2.15. The van der Waals surface area contributed by atoms with E-state index in [0.717, 1.165) is 0 Å². The lowest BCUT2D eigenvalue weighted by atomic mass is 10.2. The van der Waals surface area contributed by atoms with E-state index in [1.807, 2.05) is 0 Å². The molecule has 1 fully saturated rings. The smallest absolute Gasteiger partial charge is 0.251 e. The second-order valence-electron chi connectivity index (χ2n) is 1.47. The van der Waals surface area contributed by atoms with E-state index < -0.39 is 0 Å². The highest BCUT2D eigenvalue weighted by Crippen LogP contribution is 1.96. The molecule has 1 unspecified atom stereocenters. The number of hydrogen-bond acceptors (Lipinski definition) is 2. The molecule has 0 spiro atoms. The number of amides is 1. The highest BCUT2D eigenvalue weighted by atomic mass is 16.5. The maximum atomic E-state index is 10.2. The monoisotopic (exact) mass is 101 g/mol. The van der Waals surface area contributed by atoms with E-state index in [4.69, 9.17) is 0 Å². The van der Waals surface area contributed by atoms with Gasteiger partial charge in [0.25, 0.3) is 5.91 Å². The number of ether oxygens (including phenoxy) is 1. The topological polar surface area (TPSA) is 38.3 Å². The summed E-state index contributed by atoms with van der Waals surface area (Å²) in [6.45, 7) is 0.676. The minimum Gasteiger partial charge on any atom is -0.370 e. The second kappa shape index (κ2) is 1.50. The summed E-state index contributed by atoms with van der Waals surface area (Å²) in [4.78, 5) is 10.2. The molecule has 0 aromatic heterocycles. The lowest BCUT2D eigenvalue weighted by Gasteiger charge is -2.23. The SMILES string of the molecule is COC1CNC1=O. The number of methoxy groups -OCH3 is 1. The van der Waals surface area contributed by atoms with Crippen molar-refractivity contribution in [2.45, 2.75) is 6.10 Å². The summed E-state index contributed by atoms with van der Waals surface area (Å²) in [5.41, 5.74) is 0. The minimum absolute atomic E-state index is 0.00231. The van der Waals surface area contributed by atoms with E-state index in [0.29, 0.717) is 6.54 Å². The fourth-order valence-corrected chi connectivity index (χ4v) is 0.459. The van der Waals surface area contributed by atoms with Crippen LogP contribution in [0.25, 0.3) is 0 Å². The molecular weight excluding hydrogens is 94.0 g/mol. The van der Waals surface area contributed by atoms with Crippen LogP contribution in [0.4, 0.5) is 0 Å². The Labute approximate surface area is 41.7 Å². The van der Waals surface area contributed by atoms with E-state index in [-0.39, 0.29) is 12.0 Å². The molecule has 0 aliphatic carbocycles. The van der Waals surface area contributed by atoms with Crippen LogP contribution < -0.4 is 5.32 Å². The summed E-state index contributed by atoms with van der Waals surface area (Å²) in [6, 6.07) is 0. The average Bonchev–Trinajstić information content (AvgIpc) is 1.65. The van der Waals surface area contributed by atoms with Gasteiger partial charge in [0, 0.05) is 7.11 Å². The third-order valence-electron chi connectivity index (χ3n) is 1.04. The lowest BCUT2D eigenvalue weighted by Crippen LogP contribution is -2.54. The molecule has 3 heteroatoms. The van der Waals surface area contributed by atoms with Crippen molar-refractivity contribution >= 4 is 5.91 Å². The second-order valence-corrected chi connectivity index (χ2v) is 1.47. The molecule has 1 N–H and O–H groups in total. The summed E-state index contributed by atoms with van der Waals surface area (Å²) in [5.74, 6) is 0.00231. The molecular formula is C4H7NO2. The molecule has 1 amide bonds. The van der Waals surface area contributed by atoms with E-state index in [9.17, 15) is 4.79 Å². The Morgan fingerprint density at radius 2 is 2.71 bits per heavy atom. The summed E-state index contributed by atoms with van der Waals surface area (Å²) in [7, 11) is 1.53. The van der Waals surface area contributed by atoms with Gasteiger partial charge in [-0.05, 0) is 0 Å². The maximum absolute atomic E-state index is 10.2. The molecule has 40 valence electrons. The Morgan fingerprint density at radius 1 is 2.00 bits per heavy atom. The molecule has 1 rings (SSSR count). The Morgan fingerprint density at radius 3 is 2.71 bits per heavy atom. The number of rotatable bonds is 1. The number of carbonyl (C=O) groups is 1. The summed E-state index contributed by atoms with van der Waals surface area (Å²) in [5, 5.41) is 2.55. The van der Waals surface area contributed by atoms with Crippen LogP contribution in [0, 0.1) is 0 Å². The van der Waals surface area contributed by atoms with Gasteiger partial charge in [-0.2, -0.15) is 0 Å². The number of β-lactam (4-membered cyclic amide) rings is 1. The van der Waals surface area contributed by atoms with Gasteiger partial charge in [-0.25, -0.2) is 0 Å². The molecule has 0 saturated carbocycles. The van der Waals surface area contributed by atoms with Gasteiger partial charge >= 0.3 is 0 Å². The van der Waals surface area contributed by atoms with Crippen molar-refractivity contribution in [3.63, 3.8) is 0 Å². The van der Waals surface area contributed by atoms with Crippen LogP contribution in [0.15, 0.2) is 0 Å². The van der Waals surface area contributed by atoms with Crippen molar-refractivity contribution < 1.29 is 9.53 Å². The average molecular weight is 101 g/mol. The van der Waals surface area contributed by atoms with Crippen molar-refractivity contribution in [1.29, 1.82) is 0 Å². The highest BCUT2D eigenvalue weighted by Gasteiger charge is 2.26. The summed E-state index contributed by atoms with van der Waals surface area (Å²) < 4.78 is 4.69. The fraction of sp³-hybridized carbons (Fsp3) is 0.750. The van der Waals surface area contributed by atoms with Gasteiger partial charge in [0.05, 0.1) is 6.54 Å². The van der Waals surface area contributed by atoms with Crippen molar-refractivity contribution in [3.8, 4) is 0 Å². The molecule has 0 bridgehead atoms. The first-order valence-electron chi connectivity index (χ1n) is 2.15. The van der Waals surface area contributed by atoms with E-state index in [2.05, 4.69) is 10.1 Å². The Kier molecular flexibility index (Phi) is 0.982. The van der Waals surface area contributed by atoms with Crippen LogP contribution in [-0.4, -0.2) is 25.7 Å². The van der Waals surface area contributed by atoms with Crippen LogP contribution in [-0.2, 0) is 9.53 Å². The van der Waals surface area contributed by atoms with Crippen molar-refractivity contribution in [2.75, 3.05) is 13.7 Å². The molecule has 7 heavy (non-hydrogen) atoms. The van der Waals surface area contributed by atoms with Gasteiger partial charge in [-0.3, -0.25) is 4.79 Å². The number of nitrogens with one attached hydrogen (secondary N) is 1. The first-order chi connectivity index (χ1) is 3.34. The van der Waals surface area contributed by atoms with Crippen molar-refractivity contribution in [2.24, 2.45) is 0 Å². The molecule has 0 aromatic carbocycles. The van der Waals surface area contributed by atoms with Crippen molar-refractivity contribution in [1.82, 2.24) is 5.32 Å². The zero-order valence-corrected chi connectivity index (χ0v) is 4.10. The van der Waals surface area contributed by atoms with Gasteiger partial charge in [0.1, 0.15) is 0 Å². The zero-order valence-electron chi connectivity index (χ0n) is 4.10. The predicted octanol–water partition coefficient (Wildman–Crippen LogP) is -0.869. The van der Waals surface area contributed by atoms with Gasteiger partial charge < -0.3 is 10.1 Å². The number of hydrogen-bond donors (Lipinski definition) is 1. The quantitative estimate of drug-likeness (QED) is 0.436. The Bertz CT molecular complexity index is 89.7. The molecule has 0 radical (unpaired) electrons. The third-order valence-corrected chi connectivity index (χ3v) is 1.04. The highest BCUT2D eigenvalue weighted by molar-refractivity contribution is 5.86. The van der Waals surface area contributed by atoms with Gasteiger partial charge in [0.2, 0.25) is 0 Å². The molecule has 0 aromatic rings. The minimum atomic E-state index is -0.167. The van der Waals surface area contributed by atoms with Gasteiger partial charge in [-0.15, -0.1) is 0 Å². The molecule has 1 aliphatic heterocycles. The zero-order chi connectivity index (χ0) is 5.28. The van der Waals surface area contributed by atoms with Crippen LogP contribution in [0.2, 0.25) is 0 Å². The van der Waals surface area contributed by atoms with Crippen LogP contribution in [0.5, 0.6) is 0 Å². The maximum Gasteiger partial charge on any atom is 0.251 e. The molecule has 1 saturated heterocycles. The molecule has 1 heterocycles. The first kappa shape index (κ1) is 4.59. The van der Waals surface area contributed by atoms with Crippen LogP contribution >= 0.6 is 0 Å². The Balaban J connectivity index is 2.29. The van der Waals surface area contributed by atoms with Gasteiger partial charge in [0.15, 0.2) is 6.10 Å². The third kappa shape index (κ3) is 0.587. The van der Waals surface area contributed by atoms with Crippen molar-refractivity contribution in [3.05, 3.63) is 0 Å².